The van der Waals surface area contributed by atoms with Crippen LogP contribution in [0.4, 0.5) is 8.78 Å². The molecule has 170 valence electrons. The summed E-state index contributed by atoms with van der Waals surface area (Å²) >= 11 is 0. The highest BCUT2D eigenvalue weighted by atomic mass is 19.1. The number of carbonyl (C=O) groups is 1. The van der Waals surface area contributed by atoms with E-state index in [1.54, 1.807) is 7.05 Å². The van der Waals surface area contributed by atoms with Crippen molar-refractivity contribution < 1.29 is 13.6 Å². The van der Waals surface area contributed by atoms with Crippen molar-refractivity contribution in [1.29, 1.82) is 0 Å². The summed E-state index contributed by atoms with van der Waals surface area (Å²) in [5.74, 6) is -0.113. The molecule has 1 aliphatic carbocycles. The Balaban J connectivity index is 1.25. The van der Waals surface area contributed by atoms with E-state index in [4.69, 9.17) is 0 Å². The summed E-state index contributed by atoms with van der Waals surface area (Å²) in [6.45, 7) is 5.42. The average molecular weight is 434 g/mol. The first-order valence-electron chi connectivity index (χ1n) is 11.5. The quantitative estimate of drug-likeness (QED) is 0.585. The number of amides is 1. The van der Waals surface area contributed by atoms with E-state index in [1.807, 2.05) is 4.90 Å². The predicted molar refractivity (Wildman–Crippen MR) is 117 cm³/mol. The molecule has 1 saturated carbocycles. The second-order valence-electron chi connectivity index (χ2n) is 8.83. The number of benzene rings is 1. The summed E-state index contributed by atoms with van der Waals surface area (Å²) in [6.07, 6.45) is 5.36. The number of hydrogen-bond acceptors (Lipinski definition) is 3. The van der Waals surface area contributed by atoms with E-state index in [9.17, 15) is 13.6 Å². The summed E-state index contributed by atoms with van der Waals surface area (Å²) in [7, 11) is 1.73. The molecule has 1 aromatic rings. The number of nitrogens with zero attached hydrogens (tertiary/aromatic N) is 4. The normalized spacial score (nSPS) is 25.3. The van der Waals surface area contributed by atoms with E-state index in [0.717, 1.165) is 58.1 Å². The molecule has 2 atom stereocenters. The fourth-order valence-electron chi connectivity index (χ4n) is 4.73. The third-order valence-corrected chi connectivity index (χ3v) is 6.68. The summed E-state index contributed by atoms with van der Waals surface area (Å²) in [5.41, 5.74) is 0.173. The molecule has 2 aliphatic heterocycles. The molecule has 1 N–H and O–H groups in total. The van der Waals surface area contributed by atoms with Crippen LogP contribution in [0.2, 0.25) is 0 Å². The highest BCUT2D eigenvalue weighted by Gasteiger charge is 2.43. The van der Waals surface area contributed by atoms with Gasteiger partial charge in [0.15, 0.2) is 5.96 Å². The van der Waals surface area contributed by atoms with E-state index in [2.05, 4.69) is 20.1 Å². The molecule has 0 bridgehead atoms. The first-order chi connectivity index (χ1) is 15.1. The fraction of sp³-hybridized carbons (Fsp3) is 0.652. The number of guanidine groups is 1. The number of likely N-dealkylation sites (tertiary alicyclic amines) is 1. The number of carbonyl (C=O) groups excluding carboxylic acids is 1. The van der Waals surface area contributed by atoms with Crippen molar-refractivity contribution in [2.45, 2.75) is 44.1 Å². The summed E-state index contributed by atoms with van der Waals surface area (Å²) in [4.78, 5) is 23.4. The Kier molecular flexibility index (Phi) is 7.05. The second kappa shape index (κ2) is 9.94. The van der Waals surface area contributed by atoms with Gasteiger partial charge in [0, 0.05) is 63.8 Å². The van der Waals surface area contributed by atoms with Crippen LogP contribution in [0, 0.1) is 11.6 Å². The molecule has 31 heavy (non-hydrogen) atoms. The van der Waals surface area contributed by atoms with Crippen molar-refractivity contribution >= 4 is 11.9 Å². The van der Waals surface area contributed by atoms with Gasteiger partial charge in [-0.05, 0) is 31.4 Å². The molecule has 2 saturated heterocycles. The minimum Gasteiger partial charge on any atom is -0.353 e. The first kappa shape index (κ1) is 22.0. The lowest BCUT2D eigenvalue weighted by molar-refractivity contribution is -0.132. The van der Waals surface area contributed by atoms with Gasteiger partial charge in [-0.15, -0.1) is 0 Å². The summed E-state index contributed by atoms with van der Waals surface area (Å²) in [5, 5.41) is 3.38. The van der Waals surface area contributed by atoms with E-state index in [1.165, 1.54) is 31.0 Å². The zero-order valence-electron chi connectivity index (χ0n) is 18.3. The highest BCUT2D eigenvalue weighted by Crippen LogP contribution is 2.43. The minimum atomic E-state index is -0.480. The van der Waals surface area contributed by atoms with Crippen molar-refractivity contribution in [1.82, 2.24) is 20.0 Å². The molecular formula is C23H33F2N5O. The smallest absolute Gasteiger partial charge is 0.236 e. The van der Waals surface area contributed by atoms with Gasteiger partial charge in [0.2, 0.25) is 5.91 Å². The topological polar surface area (TPSA) is 51.2 Å². The number of halogens is 2. The Morgan fingerprint density at radius 3 is 2.26 bits per heavy atom. The lowest BCUT2D eigenvalue weighted by Gasteiger charge is -2.37. The Hall–Kier alpha value is -2.22. The summed E-state index contributed by atoms with van der Waals surface area (Å²) < 4.78 is 28.1. The van der Waals surface area contributed by atoms with Gasteiger partial charge < -0.3 is 15.1 Å². The molecule has 8 heteroatoms. The Bertz CT molecular complexity index is 781. The molecule has 6 nitrogen and oxygen atoms in total. The number of hydrogen-bond donors (Lipinski definition) is 1. The number of piperazine rings is 1. The molecule has 2 unspecified atom stereocenters. The molecule has 3 fully saturated rings. The maximum atomic E-state index is 14.0. The maximum absolute atomic E-state index is 14.0. The van der Waals surface area contributed by atoms with Crippen LogP contribution < -0.4 is 5.32 Å². The van der Waals surface area contributed by atoms with E-state index in [0.29, 0.717) is 13.0 Å². The van der Waals surface area contributed by atoms with Crippen LogP contribution >= 0.6 is 0 Å². The lowest BCUT2D eigenvalue weighted by Crippen LogP contribution is -2.54. The van der Waals surface area contributed by atoms with Crippen LogP contribution in [0.25, 0.3) is 0 Å². The number of aliphatic imine (C=N–C) groups is 1. The van der Waals surface area contributed by atoms with Crippen molar-refractivity contribution in [3.8, 4) is 0 Å². The summed E-state index contributed by atoms with van der Waals surface area (Å²) in [6, 6.07) is 4.02. The number of rotatable bonds is 4. The molecule has 3 aliphatic rings. The van der Waals surface area contributed by atoms with Crippen molar-refractivity contribution in [2.24, 2.45) is 4.99 Å². The van der Waals surface area contributed by atoms with Crippen LogP contribution in [0.5, 0.6) is 0 Å². The molecule has 0 radical (unpaired) electrons. The van der Waals surface area contributed by atoms with Gasteiger partial charge in [0.1, 0.15) is 11.6 Å². The maximum Gasteiger partial charge on any atom is 0.236 e. The van der Waals surface area contributed by atoms with Crippen LogP contribution in [0.3, 0.4) is 0 Å². The molecule has 1 amide bonds. The fourth-order valence-corrected chi connectivity index (χ4v) is 4.73. The van der Waals surface area contributed by atoms with E-state index >= 15 is 0 Å². The molecule has 0 aromatic heterocycles. The molecule has 4 rings (SSSR count). The average Bonchev–Trinajstić information content (AvgIpc) is 3.56. The van der Waals surface area contributed by atoms with Crippen LogP contribution in [-0.2, 0) is 4.79 Å². The third-order valence-electron chi connectivity index (χ3n) is 6.68. The third kappa shape index (κ3) is 5.34. The second-order valence-corrected chi connectivity index (χ2v) is 8.83. The van der Waals surface area contributed by atoms with Gasteiger partial charge in [-0.2, -0.15) is 0 Å². The Morgan fingerprint density at radius 2 is 1.65 bits per heavy atom. The van der Waals surface area contributed by atoms with Gasteiger partial charge in [-0.1, -0.05) is 18.9 Å². The monoisotopic (exact) mass is 433 g/mol. The first-order valence-corrected chi connectivity index (χ1v) is 11.5. The predicted octanol–water partition coefficient (Wildman–Crippen LogP) is 2.42. The molecule has 0 spiro atoms. The lowest BCUT2D eigenvalue weighted by atomic mass is 10.1. The van der Waals surface area contributed by atoms with Gasteiger partial charge in [-0.3, -0.25) is 14.7 Å². The van der Waals surface area contributed by atoms with Crippen molar-refractivity contribution in [2.75, 3.05) is 52.9 Å². The standard InChI is InChI=1S/C23H33F2N5O/c1-26-23(27-20-15-17(20)22-18(24)7-6-8-19(22)25)30-13-11-28(12-14-30)16-21(31)29-9-4-2-3-5-10-29/h6-8,17,20H,2-5,9-16H2,1H3,(H,26,27). The zero-order chi connectivity index (χ0) is 21.8. The van der Waals surface area contributed by atoms with Gasteiger partial charge in [0.05, 0.1) is 6.54 Å². The van der Waals surface area contributed by atoms with E-state index < -0.39 is 11.6 Å². The SMILES string of the molecule is CN=C(NC1CC1c1c(F)cccc1F)N1CCN(CC(=O)N2CCCCCC2)CC1. The minimum absolute atomic E-state index is 0.00672. The van der Waals surface area contributed by atoms with Crippen LogP contribution in [-0.4, -0.2) is 85.5 Å². The highest BCUT2D eigenvalue weighted by molar-refractivity contribution is 5.81. The van der Waals surface area contributed by atoms with Gasteiger partial charge in [-0.25, -0.2) is 8.78 Å². The zero-order valence-corrected chi connectivity index (χ0v) is 18.3. The van der Waals surface area contributed by atoms with Crippen LogP contribution in [0.1, 0.15) is 43.6 Å². The van der Waals surface area contributed by atoms with Crippen molar-refractivity contribution in [3.05, 3.63) is 35.4 Å². The molecular weight excluding hydrogens is 400 g/mol. The van der Waals surface area contributed by atoms with Gasteiger partial charge >= 0.3 is 0 Å². The van der Waals surface area contributed by atoms with E-state index in [-0.39, 0.29) is 23.4 Å². The van der Waals surface area contributed by atoms with Crippen LogP contribution in [0.15, 0.2) is 23.2 Å². The largest absolute Gasteiger partial charge is 0.353 e. The Morgan fingerprint density at radius 1 is 1.00 bits per heavy atom. The van der Waals surface area contributed by atoms with Crippen molar-refractivity contribution in [3.63, 3.8) is 0 Å². The van der Waals surface area contributed by atoms with Gasteiger partial charge in [0.25, 0.3) is 0 Å². The Labute approximate surface area is 183 Å². The molecule has 1 aromatic carbocycles. The molecule has 2 heterocycles. The number of nitrogens with one attached hydrogen (secondary N) is 1.